The number of rotatable bonds is 2. The lowest BCUT2D eigenvalue weighted by molar-refractivity contribution is 0.925. The second kappa shape index (κ2) is 4.06. The highest BCUT2D eigenvalue weighted by Crippen LogP contribution is 2.22. The zero-order valence-electron chi connectivity index (χ0n) is 8.65. The summed E-state index contributed by atoms with van der Waals surface area (Å²) < 4.78 is 0. The summed E-state index contributed by atoms with van der Waals surface area (Å²) in [4.78, 5) is 19.0. The number of para-hydroxylation sites is 1. The highest BCUT2D eigenvalue weighted by atomic mass is 32.2. The van der Waals surface area contributed by atoms with E-state index in [4.69, 9.17) is 0 Å². The molecule has 2 rings (SSSR count). The van der Waals surface area contributed by atoms with Gasteiger partial charge in [-0.3, -0.25) is 4.79 Å². The molecule has 0 aliphatic carbocycles. The molecule has 0 aliphatic heterocycles. The van der Waals surface area contributed by atoms with E-state index in [1.807, 2.05) is 31.4 Å². The Morgan fingerprint density at radius 1 is 1.40 bits per heavy atom. The average molecular weight is 220 g/mol. The molecular formula is C11H12N2OS. The highest BCUT2D eigenvalue weighted by Gasteiger charge is 2.08. The number of aromatic amines is 1. The molecule has 2 aromatic rings. The Bertz CT molecular complexity index is 535. The lowest BCUT2D eigenvalue weighted by atomic mass is 10.2. The zero-order valence-corrected chi connectivity index (χ0v) is 9.47. The third-order valence-corrected chi connectivity index (χ3v) is 3.30. The van der Waals surface area contributed by atoms with E-state index < -0.39 is 0 Å². The van der Waals surface area contributed by atoms with Crippen LogP contribution >= 0.6 is 11.8 Å². The molecule has 1 atom stereocenters. The van der Waals surface area contributed by atoms with Crippen molar-refractivity contribution < 1.29 is 0 Å². The molecule has 78 valence electrons. The van der Waals surface area contributed by atoms with Crippen LogP contribution in [-0.2, 0) is 0 Å². The van der Waals surface area contributed by atoms with Gasteiger partial charge in [0.1, 0.15) is 5.82 Å². The second-order valence-corrected chi connectivity index (χ2v) is 4.52. The van der Waals surface area contributed by atoms with E-state index in [-0.39, 0.29) is 10.8 Å². The molecule has 0 amide bonds. The van der Waals surface area contributed by atoms with E-state index >= 15 is 0 Å². The summed E-state index contributed by atoms with van der Waals surface area (Å²) in [6.45, 7) is 2.03. The molecule has 1 aromatic heterocycles. The van der Waals surface area contributed by atoms with Crippen molar-refractivity contribution in [3.05, 3.63) is 40.4 Å². The van der Waals surface area contributed by atoms with Gasteiger partial charge in [-0.05, 0) is 25.3 Å². The van der Waals surface area contributed by atoms with Gasteiger partial charge in [-0.15, -0.1) is 0 Å². The number of nitrogens with zero attached hydrogens (tertiary/aromatic N) is 1. The normalized spacial score (nSPS) is 12.9. The maximum absolute atomic E-state index is 11.7. The first-order valence-electron chi connectivity index (χ1n) is 4.74. The van der Waals surface area contributed by atoms with Gasteiger partial charge in [0.2, 0.25) is 0 Å². The quantitative estimate of drug-likeness (QED) is 0.845. The van der Waals surface area contributed by atoms with Crippen LogP contribution in [0.4, 0.5) is 0 Å². The van der Waals surface area contributed by atoms with Crippen LogP contribution in [0.5, 0.6) is 0 Å². The third kappa shape index (κ3) is 1.90. The third-order valence-electron chi connectivity index (χ3n) is 2.37. The Balaban J connectivity index is 2.67. The van der Waals surface area contributed by atoms with Crippen LogP contribution in [0.2, 0.25) is 0 Å². The number of nitrogens with one attached hydrogen (secondary N) is 1. The van der Waals surface area contributed by atoms with E-state index in [9.17, 15) is 4.79 Å². The van der Waals surface area contributed by atoms with Crippen molar-refractivity contribution in [2.24, 2.45) is 0 Å². The highest BCUT2D eigenvalue weighted by molar-refractivity contribution is 7.98. The molecule has 0 aliphatic rings. The van der Waals surface area contributed by atoms with Crippen LogP contribution in [0.25, 0.3) is 10.9 Å². The first kappa shape index (κ1) is 10.2. The van der Waals surface area contributed by atoms with E-state index in [0.717, 1.165) is 11.3 Å². The van der Waals surface area contributed by atoms with Gasteiger partial charge in [0.15, 0.2) is 0 Å². The maximum Gasteiger partial charge on any atom is 0.258 e. The minimum absolute atomic E-state index is 0.0588. The SMILES string of the molecule is CS[C@@H](C)c1nc2ccccc2c(=O)[nH]1. The van der Waals surface area contributed by atoms with Gasteiger partial charge in [0.25, 0.3) is 5.56 Å². The summed E-state index contributed by atoms with van der Waals surface area (Å²) in [6.07, 6.45) is 2.00. The molecular weight excluding hydrogens is 208 g/mol. The van der Waals surface area contributed by atoms with Crippen LogP contribution in [0, 0.1) is 0 Å². The molecule has 0 spiro atoms. The van der Waals surface area contributed by atoms with E-state index in [1.165, 1.54) is 0 Å². The van der Waals surface area contributed by atoms with Crippen LogP contribution in [0.3, 0.4) is 0 Å². The molecule has 0 bridgehead atoms. The first-order valence-corrected chi connectivity index (χ1v) is 6.03. The molecule has 15 heavy (non-hydrogen) atoms. The van der Waals surface area contributed by atoms with Crippen molar-refractivity contribution in [1.29, 1.82) is 0 Å². The maximum atomic E-state index is 11.7. The monoisotopic (exact) mass is 220 g/mol. The molecule has 1 aromatic carbocycles. The number of H-pyrrole nitrogens is 1. The molecule has 0 saturated carbocycles. The van der Waals surface area contributed by atoms with Crippen molar-refractivity contribution in [3.8, 4) is 0 Å². The number of hydrogen-bond acceptors (Lipinski definition) is 3. The van der Waals surface area contributed by atoms with Crippen molar-refractivity contribution in [3.63, 3.8) is 0 Å². The predicted molar refractivity (Wildman–Crippen MR) is 64.3 cm³/mol. The standard InChI is InChI=1S/C11H12N2OS/c1-7(15-2)10-12-9-6-4-3-5-8(9)11(14)13-10/h3-7H,1-2H3,(H,12,13,14)/t7-/m0/s1. The molecule has 4 heteroatoms. The van der Waals surface area contributed by atoms with Gasteiger partial charge in [-0.25, -0.2) is 4.98 Å². The van der Waals surface area contributed by atoms with Gasteiger partial charge < -0.3 is 4.98 Å². The van der Waals surface area contributed by atoms with Crippen molar-refractivity contribution >= 4 is 22.7 Å². The largest absolute Gasteiger partial charge is 0.309 e. The molecule has 0 unspecified atom stereocenters. The average Bonchev–Trinajstić information content (AvgIpc) is 2.28. The van der Waals surface area contributed by atoms with Gasteiger partial charge in [0.05, 0.1) is 16.2 Å². The predicted octanol–water partition coefficient (Wildman–Crippen LogP) is 2.35. The van der Waals surface area contributed by atoms with Crippen LogP contribution < -0.4 is 5.56 Å². The van der Waals surface area contributed by atoms with Crippen LogP contribution in [-0.4, -0.2) is 16.2 Å². The summed E-state index contributed by atoms with van der Waals surface area (Å²) in [5, 5.41) is 0.858. The fourth-order valence-electron chi connectivity index (χ4n) is 1.41. The molecule has 0 radical (unpaired) electrons. The second-order valence-electron chi connectivity index (χ2n) is 3.35. The van der Waals surface area contributed by atoms with Crippen LogP contribution in [0.15, 0.2) is 29.1 Å². The minimum atomic E-state index is -0.0588. The van der Waals surface area contributed by atoms with Crippen molar-refractivity contribution in [2.45, 2.75) is 12.2 Å². The number of hydrogen-bond donors (Lipinski definition) is 1. The fraction of sp³-hybridized carbons (Fsp3) is 0.273. The summed E-state index contributed by atoms with van der Waals surface area (Å²) in [5.41, 5.74) is 0.702. The molecule has 3 nitrogen and oxygen atoms in total. The Kier molecular flexibility index (Phi) is 2.77. The van der Waals surface area contributed by atoms with Crippen LogP contribution in [0.1, 0.15) is 18.0 Å². The Labute approximate surface area is 91.9 Å². The summed E-state index contributed by atoms with van der Waals surface area (Å²) in [6, 6.07) is 7.38. The van der Waals surface area contributed by atoms with Gasteiger partial charge >= 0.3 is 0 Å². The smallest absolute Gasteiger partial charge is 0.258 e. The Morgan fingerprint density at radius 2 is 2.13 bits per heavy atom. The minimum Gasteiger partial charge on any atom is -0.309 e. The number of aromatic nitrogens is 2. The first-order chi connectivity index (χ1) is 7.22. The number of fused-ring (bicyclic) bond motifs is 1. The summed E-state index contributed by atoms with van der Waals surface area (Å²) in [7, 11) is 0. The van der Waals surface area contributed by atoms with E-state index in [0.29, 0.717) is 5.39 Å². The molecule has 1 heterocycles. The lowest BCUT2D eigenvalue weighted by Gasteiger charge is -2.07. The summed E-state index contributed by atoms with van der Waals surface area (Å²) in [5.74, 6) is 0.742. The van der Waals surface area contributed by atoms with Crippen molar-refractivity contribution in [2.75, 3.05) is 6.26 Å². The van der Waals surface area contributed by atoms with Crippen molar-refractivity contribution in [1.82, 2.24) is 9.97 Å². The van der Waals surface area contributed by atoms with Gasteiger partial charge in [-0.2, -0.15) is 11.8 Å². The Morgan fingerprint density at radius 3 is 2.87 bits per heavy atom. The van der Waals surface area contributed by atoms with Gasteiger partial charge in [-0.1, -0.05) is 12.1 Å². The zero-order chi connectivity index (χ0) is 10.8. The van der Waals surface area contributed by atoms with Gasteiger partial charge in [0, 0.05) is 0 Å². The number of thioether (sulfide) groups is 1. The topological polar surface area (TPSA) is 45.8 Å². The van der Waals surface area contributed by atoms with E-state index in [1.54, 1.807) is 17.8 Å². The molecule has 0 saturated heterocycles. The lowest BCUT2D eigenvalue weighted by Crippen LogP contribution is -2.12. The molecule has 0 fully saturated rings. The molecule has 1 N–H and O–H groups in total. The fourth-order valence-corrected chi connectivity index (χ4v) is 1.74. The van der Waals surface area contributed by atoms with E-state index in [2.05, 4.69) is 9.97 Å². The summed E-state index contributed by atoms with van der Waals surface area (Å²) >= 11 is 1.66. The Hall–Kier alpha value is -1.29. The number of benzene rings is 1.